The van der Waals surface area contributed by atoms with E-state index in [0.29, 0.717) is 5.92 Å². The first kappa shape index (κ1) is 15.4. The van der Waals surface area contributed by atoms with E-state index < -0.39 is 5.97 Å². The van der Waals surface area contributed by atoms with E-state index in [1.54, 1.807) is 0 Å². The van der Waals surface area contributed by atoms with E-state index in [2.05, 4.69) is 22.8 Å². The van der Waals surface area contributed by atoms with Crippen molar-refractivity contribution in [2.45, 2.75) is 44.1 Å². The molecule has 21 heavy (non-hydrogen) atoms. The number of hydrogen-bond donors (Lipinski definition) is 3. The van der Waals surface area contributed by atoms with Crippen molar-refractivity contribution >= 4 is 12.0 Å². The van der Waals surface area contributed by atoms with Crippen molar-refractivity contribution in [3.8, 4) is 0 Å². The smallest absolute Gasteiger partial charge is 0.315 e. The van der Waals surface area contributed by atoms with Crippen molar-refractivity contribution in [2.24, 2.45) is 0 Å². The molecule has 0 aromatic heterocycles. The van der Waals surface area contributed by atoms with Crippen LogP contribution in [0.3, 0.4) is 0 Å². The number of nitrogens with one attached hydrogen (secondary N) is 2. The van der Waals surface area contributed by atoms with Crippen molar-refractivity contribution in [3.05, 3.63) is 35.9 Å². The molecule has 0 heterocycles. The number of hydrogen-bond acceptors (Lipinski definition) is 2. The van der Waals surface area contributed by atoms with Crippen LogP contribution in [0.2, 0.25) is 0 Å². The highest BCUT2D eigenvalue weighted by Gasteiger charge is 2.24. The van der Waals surface area contributed by atoms with Crippen LogP contribution in [0.25, 0.3) is 0 Å². The maximum Gasteiger partial charge on any atom is 0.315 e. The number of carbonyl (C=O) groups excluding carboxylic acids is 1. The molecule has 2 amide bonds. The van der Waals surface area contributed by atoms with Gasteiger partial charge < -0.3 is 15.7 Å². The van der Waals surface area contributed by atoms with Gasteiger partial charge in [0.1, 0.15) is 0 Å². The van der Waals surface area contributed by atoms with Gasteiger partial charge in [-0.25, -0.2) is 4.79 Å². The molecule has 0 bridgehead atoms. The van der Waals surface area contributed by atoms with Gasteiger partial charge in [0.15, 0.2) is 0 Å². The van der Waals surface area contributed by atoms with Crippen molar-refractivity contribution in [1.29, 1.82) is 0 Å². The first-order chi connectivity index (χ1) is 10.1. The molecule has 114 valence electrons. The first-order valence-corrected chi connectivity index (χ1v) is 7.46. The topological polar surface area (TPSA) is 78.4 Å². The van der Waals surface area contributed by atoms with Crippen LogP contribution in [0, 0.1) is 0 Å². The minimum atomic E-state index is -0.905. The minimum Gasteiger partial charge on any atom is -0.481 e. The van der Waals surface area contributed by atoms with Crippen LogP contribution in [-0.2, 0) is 4.79 Å². The zero-order valence-corrected chi connectivity index (χ0v) is 12.0. The molecular formula is C16H22N2O3. The summed E-state index contributed by atoms with van der Waals surface area (Å²) in [5.74, 6) is -0.415. The van der Waals surface area contributed by atoms with Gasteiger partial charge in [0.25, 0.3) is 0 Å². The lowest BCUT2D eigenvalue weighted by molar-refractivity contribution is -0.136. The molecule has 0 spiro atoms. The summed E-state index contributed by atoms with van der Waals surface area (Å²) in [4.78, 5) is 22.1. The molecule has 2 rings (SSSR count). The molecule has 1 aliphatic rings. The second-order valence-corrected chi connectivity index (χ2v) is 5.52. The monoisotopic (exact) mass is 290 g/mol. The molecule has 2 unspecified atom stereocenters. The Bertz CT molecular complexity index is 476. The van der Waals surface area contributed by atoms with Crippen LogP contribution in [0.1, 0.15) is 43.6 Å². The second-order valence-electron chi connectivity index (χ2n) is 5.52. The molecule has 5 nitrogen and oxygen atoms in total. The average Bonchev–Trinajstić information content (AvgIpc) is 2.48. The number of carboxylic acid groups (broad SMARTS) is 1. The summed E-state index contributed by atoms with van der Waals surface area (Å²) in [6.45, 7) is 0.163. The normalized spacial score (nSPS) is 21.5. The SMILES string of the molecule is O=C(O)CCNC(=O)NC1CCCC(c2ccccc2)C1. The van der Waals surface area contributed by atoms with E-state index in [1.807, 2.05) is 18.2 Å². The van der Waals surface area contributed by atoms with E-state index in [0.717, 1.165) is 25.7 Å². The number of amides is 2. The molecule has 0 aliphatic heterocycles. The number of aliphatic carboxylic acids is 1. The fourth-order valence-corrected chi connectivity index (χ4v) is 2.87. The van der Waals surface area contributed by atoms with Crippen molar-refractivity contribution in [2.75, 3.05) is 6.54 Å². The van der Waals surface area contributed by atoms with Gasteiger partial charge in [-0.3, -0.25) is 4.79 Å². The summed E-state index contributed by atoms with van der Waals surface area (Å²) >= 11 is 0. The highest BCUT2D eigenvalue weighted by Crippen LogP contribution is 2.32. The van der Waals surface area contributed by atoms with Gasteiger partial charge in [-0.1, -0.05) is 36.8 Å². The highest BCUT2D eigenvalue weighted by molar-refractivity contribution is 5.75. The van der Waals surface area contributed by atoms with Gasteiger partial charge in [0.2, 0.25) is 0 Å². The molecule has 0 saturated heterocycles. The maximum absolute atomic E-state index is 11.7. The van der Waals surface area contributed by atoms with Gasteiger partial charge in [-0.05, 0) is 30.7 Å². The highest BCUT2D eigenvalue weighted by atomic mass is 16.4. The van der Waals surface area contributed by atoms with Crippen LogP contribution in [-0.4, -0.2) is 29.7 Å². The molecule has 2 atom stereocenters. The standard InChI is InChI=1S/C16H22N2O3/c19-15(20)9-10-17-16(21)18-14-8-4-7-13(11-14)12-5-2-1-3-6-12/h1-3,5-6,13-14H,4,7-11H2,(H,19,20)(H2,17,18,21). The molecule has 0 radical (unpaired) electrons. The zero-order chi connectivity index (χ0) is 15.1. The molecule has 1 aromatic carbocycles. The zero-order valence-electron chi connectivity index (χ0n) is 12.0. The van der Waals surface area contributed by atoms with Gasteiger partial charge in [0, 0.05) is 12.6 Å². The second kappa shape index (κ2) is 7.67. The quantitative estimate of drug-likeness (QED) is 0.779. The Morgan fingerprint density at radius 3 is 2.67 bits per heavy atom. The largest absolute Gasteiger partial charge is 0.481 e. The molecule has 5 heteroatoms. The summed E-state index contributed by atoms with van der Waals surface area (Å²) in [7, 11) is 0. The third kappa shape index (κ3) is 5.10. The lowest BCUT2D eigenvalue weighted by Crippen LogP contribution is -2.44. The van der Waals surface area contributed by atoms with Gasteiger partial charge >= 0.3 is 12.0 Å². The van der Waals surface area contributed by atoms with E-state index in [1.165, 1.54) is 5.56 Å². The van der Waals surface area contributed by atoms with E-state index in [9.17, 15) is 9.59 Å². The van der Waals surface area contributed by atoms with Gasteiger partial charge in [-0.2, -0.15) is 0 Å². The van der Waals surface area contributed by atoms with Crippen molar-refractivity contribution in [3.63, 3.8) is 0 Å². The van der Waals surface area contributed by atoms with Gasteiger partial charge in [0.05, 0.1) is 6.42 Å². The van der Waals surface area contributed by atoms with Crippen molar-refractivity contribution < 1.29 is 14.7 Å². The lowest BCUT2D eigenvalue weighted by Gasteiger charge is -2.30. The third-order valence-corrected chi connectivity index (χ3v) is 3.90. The molecule has 3 N–H and O–H groups in total. The summed E-state index contributed by atoms with van der Waals surface area (Å²) < 4.78 is 0. The van der Waals surface area contributed by atoms with Crippen LogP contribution >= 0.6 is 0 Å². The van der Waals surface area contributed by atoms with Crippen LogP contribution in [0.15, 0.2) is 30.3 Å². The molecule has 1 aliphatic carbocycles. The maximum atomic E-state index is 11.7. The molecular weight excluding hydrogens is 268 g/mol. The minimum absolute atomic E-state index is 0.0509. The Kier molecular flexibility index (Phi) is 5.60. The Balaban J connectivity index is 1.79. The summed E-state index contributed by atoms with van der Waals surface area (Å²) in [5, 5.41) is 14.1. The Hall–Kier alpha value is -2.04. The van der Waals surface area contributed by atoms with E-state index in [4.69, 9.17) is 5.11 Å². The first-order valence-electron chi connectivity index (χ1n) is 7.46. The van der Waals surface area contributed by atoms with Crippen molar-refractivity contribution in [1.82, 2.24) is 10.6 Å². The summed E-state index contributed by atoms with van der Waals surface area (Å²) in [6, 6.07) is 10.3. The molecule has 1 saturated carbocycles. The Morgan fingerprint density at radius 1 is 1.19 bits per heavy atom. The predicted octanol–water partition coefficient (Wildman–Crippen LogP) is 2.49. The Morgan fingerprint density at radius 2 is 1.95 bits per heavy atom. The number of urea groups is 1. The fraction of sp³-hybridized carbons (Fsp3) is 0.500. The van der Waals surface area contributed by atoms with E-state index in [-0.39, 0.29) is 25.0 Å². The van der Waals surface area contributed by atoms with Crippen LogP contribution in [0.5, 0.6) is 0 Å². The Labute approximate surface area is 124 Å². The number of rotatable bonds is 5. The average molecular weight is 290 g/mol. The summed E-state index contributed by atoms with van der Waals surface area (Å²) in [5.41, 5.74) is 1.33. The molecule has 1 fully saturated rings. The van der Waals surface area contributed by atoms with Crippen LogP contribution in [0.4, 0.5) is 4.79 Å². The summed E-state index contributed by atoms with van der Waals surface area (Å²) in [6.07, 6.45) is 4.12. The number of carboxylic acids is 1. The third-order valence-electron chi connectivity index (χ3n) is 3.90. The number of benzene rings is 1. The van der Waals surface area contributed by atoms with E-state index >= 15 is 0 Å². The van der Waals surface area contributed by atoms with Gasteiger partial charge in [-0.15, -0.1) is 0 Å². The number of carbonyl (C=O) groups is 2. The predicted molar refractivity (Wildman–Crippen MR) is 80.2 cm³/mol. The van der Waals surface area contributed by atoms with Crippen LogP contribution < -0.4 is 10.6 Å². The molecule has 1 aromatic rings. The lowest BCUT2D eigenvalue weighted by atomic mass is 9.81. The fourth-order valence-electron chi connectivity index (χ4n) is 2.87.